The third kappa shape index (κ3) is 3.70. The molecule has 112 valence electrons. The Hall–Kier alpha value is -1.78. The molecule has 3 rings (SSSR count). The van der Waals surface area contributed by atoms with E-state index in [-0.39, 0.29) is 6.04 Å². The number of benzene rings is 1. The fraction of sp³-hybridized carbons (Fsp3) is 0.222. The molecule has 0 amide bonds. The molecule has 22 heavy (non-hydrogen) atoms. The van der Waals surface area contributed by atoms with E-state index in [9.17, 15) is 0 Å². The number of nitrogens with zero attached hydrogens (tertiary/aromatic N) is 2. The molecule has 2 aromatic heterocycles. The molecule has 0 spiro atoms. The van der Waals surface area contributed by atoms with Crippen molar-refractivity contribution in [2.75, 3.05) is 6.54 Å². The van der Waals surface area contributed by atoms with Crippen molar-refractivity contribution in [3.8, 4) is 0 Å². The fourth-order valence-electron chi connectivity index (χ4n) is 2.41. The minimum Gasteiger partial charge on any atom is -0.308 e. The van der Waals surface area contributed by atoms with Crippen LogP contribution in [-0.4, -0.2) is 16.5 Å². The molecule has 0 aliphatic rings. The first-order chi connectivity index (χ1) is 10.7. The molecule has 2 heterocycles. The SMILES string of the molecule is CC(NCCc1ccc2ccccc2n1)c1ccc(Br)cn1. The van der Waals surface area contributed by atoms with Gasteiger partial charge >= 0.3 is 0 Å². The van der Waals surface area contributed by atoms with E-state index in [1.54, 1.807) is 0 Å². The highest BCUT2D eigenvalue weighted by atomic mass is 79.9. The van der Waals surface area contributed by atoms with Crippen molar-refractivity contribution in [2.24, 2.45) is 0 Å². The van der Waals surface area contributed by atoms with Gasteiger partial charge in [0.15, 0.2) is 0 Å². The third-order valence-corrected chi connectivity index (χ3v) is 4.15. The zero-order valence-corrected chi connectivity index (χ0v) is 14.0. The Morgan fingerprint density at radius 1 is 1.09 bits per heavy atom. The first-order valence-electron chi connectivity index (χ1n) is 7.42. The van der Waals surface area contributed by atoms with Gasteiger partial charge < -0.3 is 5.32 Å². The summed E-state index contributed by atoms with van der Waals surface area (Å²) in [7, 11) is 0. The van der Waals surface area contributed by atoms with Crippen LogP contribution in [0.25, 0.3) is 10.9 Å². The maximum absolute atomic E-state index is 4.69. The van der Waals surface area contributed by atoms with Gasteiger partial charge in [-0.25, -0.2) is 0 Å². The quantitative estimate of drug-likeness (QED) is 0.741. The Morgan fingerprint density at radius 2 is 1.95 bits per heavy atom. The molecule has 1 N–H and O–H groups in total. The molecule has 0 bridgehead atoms. The molecule has 0 aliphatic heterocycles. The molecular weight excluding hydrogens is 338 g/mol. The highest BCUT2D eigenvalue weighted by Gasteiger charge is 2.06. The topological polar surface area (TPSA) is 37.8 Å². The first-order valence-corrected chi connectivity index (χ1v) is 8.21. The number of hydrogen-bond acceptors (Lipinski definition) is 3. The van der Waals surface area contributed by atoms with Gasteiger partial charge in [-0.2, -0.15) is 0 Å². The van der Waals surface area contributed by atoms with Crippen LogP contribution < -0.4 is 5.32 Å². The van der Waals surface area contributed by atoms with Gasteiger partial charge in [-0.3, -0.25) is 9.97 Å². The van der Waals surface area contributed by atoms with Gasteiger partial charge in [-0.15, -0.1) is 0 Å². The molecule has 0 radical (unpaired) electrons. The van der Waals surface area contributed by atoms with E-state index >= 15 is 0 Å². The molecule has 3 nitrogen and oxygen atoms in total. The zero-order valence-electron chi connectivity index (χ0n) is 12.5. The van der Waals surface area contributed by atoms with Gasteiger partial charge in [0.05, 0.1) is 11.2 Å². The minimum atomic E-state index is 0.230. The van der Waals surface area contributed by atoms with Crippen LogP contribution in [0.5, 0.6) is 0 Å². The Bertz CT molecular complexity index is 756. The van der Waals surface area contributed by atoms with Crippen LogP contribution in [-0.2, 0) is 6.42 Å². The van der Waals surface area contributed by atoms with Crippen LogP contribution in [0.4, 0.5) is 0 Å². The Kier molecular flexibility index (Phi) is 4.80. The van der Waals surface area contributed by atoms with Crippen LogP contribution in [0, 0.1) is 0 Å². The number of para-hydroxylation sites is 1. The van der Waals surface area contributed by atoms with Crippen LogP contribution in [0.1, 0.15) is 24.4 Å². The van der Waals surface area contributed by atoms with Crippen molar-refractivity contribution in [3.63, 3.8) is 0 Å². The molecule has 0 saturated heterocycles. The fourth-order valence-corrected chi connectivity index (χ4v) is 2.65. The summed E-state index contributed by atoms with van der Waals surface area (Å²) in [6, 6.07) is 16.7. The normalized spacial score (nSPS) is 12.5. The number of aromatic nitrogens is 2. The van der Waals surface area contributed by atoms with Crippen LogP contribution in [0.2, 0.25) is 0 Å². The molecule has 0 aliphatic carbocycles. The van der Waals surface area contributed by atoms with Crippen molar-refractivity contribution in [1.29, 1.82) is 0 Å². The summed E-state index contributed by atoms with van der Waals surface area (Å²) in [4.78, 5) is 9.11. The minimum absolute atomic E-state index is 0.230. The highest BCUT2D eigenvalue weighted by molar-refractivity contribution is 9.10. The van der Waals surface area contributed by atoms with Crippen molar-refractivity contribution in [1.82, 2.24) is 15.3 Å². The van der Waals surface area contributed by atoms with Crippen molar-refractivity contribution in [2.45, 2.75) is 19.4 Å². The largest absolute Gasteiger partial charge is 0.308 e. The first kappa shape index (κ1) is 15.1. The molecule has 0 saturated carbocycles. The summed E-state index contributed by atoms with van der Waals surface area (Å²) >= 11 is 3.41. The number of halogens is 1. The van der Waals surface area contributed by atoms with Crippen LogP contribution >= 0.6 is 15.9 Å². The van der Waals surface area contributed by atoms with E-state index < -0.39 is 0 Å². The van der Waals surface area contributed by atoms with E-state index in [4.69, 9.17) is 4.98 Å². The van der Waals surface area contributed by atoms with Crippen LogP contribution in [0.3, 0.4) is 0 Å². The number of hydrogen-bond donors (Lipinski definition) is 1. The number of nitrogens with one attached hydrogen (secondary N) is 1. The highest BCUT2D eigenvalue weighted by Crippen LogP contribution is 2.14. The van der Waals surface area contributed by atoms with Gasteiger partial charge in [-0.1, -0.05) is 24.3 Å². The lowest BCUT2D eigenvalue weighted by Crippen LogP contribution is -2.22. The molecule has 1 aromatic carbocycles. The smallest absolute Gasteiger partial charge is 0.0705 e. The molecule has 4 heteroatoms. The summed E-state index contributed by atoms with van der Waals surface area (Å²) in [6.07, 6.45) is 2.74. The van der Waals surface area contributed by atoms with Gasteiger partial charge in [-0.05, 0) is 47.1 Å². The van der Waals surface area contributed by atoms with Crippen molar-refractivity contribution >= 4 is 26.8 Å². The summed E-state index contributed by atoms with van der Waals surface area (Å²) < 4.78 is 1.00. The molecular formula is C18H18BrN3. The molecule has 1 unspecified atom stereocenters. The molecule has 1 atom stereocenters. The lowest BCUT2D eigenvalue weighted by molar-refractivity contribution is 0.561. The van der Waals surface area contributed by atoms with Gasteiger partial charge in [0, 0.05) is 40.8 Å². The Labute approximate surface area is 138 Å². The Balaban J connectivity index is 1.58. The van der Waals surface area contributed by atoms with Gasteiger partial charge in [0.25, 0.3) is 0 Å². The van der Waals surface area contributed by atoms with E-state index in [2.05, 4.69) is 57.4 Å². The van der Waals surface area contributed by atoms with Crippen LogP contribution in [0.15, 0.2) is 59.2 Å². The summed E-state index contributed by atoms with van der Waals surface area (Å²) in [5.74, 6) is 0. The molecule has 0 fully saturated rings. The second kappa shape index (κ2) is 6.99. The average Bonchev–Trinajstić information content (AvgIpc) is 2.55. The lowest BCUT2D eigenvalue weighted by atomic mass is 10.1. The maximum Gasteiger partial charge on any atom is 0.0705 e. The van der Waals surface area contributed by atoms with Crippen molar-refractivity contribution in [3.05, 3.63) is 70.6 Å². The zero-order chi connectivity index (χ0) is 15.4. The van der Waals surface area contributed by atoms with Gasteiger partial charge in [0.2, 0.25) is 0 Å². The van der Waals surface area contributed by atoms with E-state index in [1.807, 2.05) is 30.5 Å². The van der Waals surface area contributed by atoms with Gasteiger partial charge in [0.1, 0.15) is 0 Å². The second-order valence-electron chi connectivity index (χ2n) is 5.32. The van der Waals surface area contributed by atoms with Crippen molar-refractivity contribution < 1.29 is 0 Å². The summed E-state index contributed by atoms with van der Waals surface area (Å²) in [5, 5.41) is 4.68. The predicted octanol–water partition coefficient (Wildman–Crippen LogP) is 4.29. The summed E-state index contributed by atoms with van der Waals surface area (Å²) in [5.41, 5.74) is 3.22. The monoisotopic (exact) mass is 355 g/mol. The third-order valence-electron chi connectivity index (χ3n) is 3.68. The lowest BCUT2D eigenvalue weighted by Gasteiger charge is -2.13. The maximum atomic E-state index is 4.69. The average molecular weight is 356 g/mol. The number of fused-ring (bicyclic) bond motifs is 1. The number of rotatable bonds is 5. The van der Waals surface area contributed by atoms with E-state index in [0.717, 1.165) is 34.3 Å². The number of pyridine rings is 2. The van der Waals surface area contributed by atoms with E-state index in [0.29, 0.717) is 0 Å². The second-order valence-corrected chi connectivity index (χ2v) is 6.24. The molecule has 3 aromatic rings. The standard InChI is InChI=1S/C18H18BrN3/c1-13(17-9-7-15(19)12-21-17)20-11-10-16-8-6-14-4-2-3-5-18(14)22-16/h2-9,12-13,20H,10-11H2,1H3. The van der Waals surface area contributed by atoms with E-state index in [1.165, 1.54) is 5.39 Å². The summed E-state index contributed by atoms with van der Waals surface area (Å²) in [6.45, 7) is 3.01. The Morgan fingerprint density at radius 3 is 2.77 bits per heavy atom. The predicted molar refractivity (Wildman–Crippen MR) is 93.8 cm³/mol.